The molecule has 7 rings (SSSR count). The van der Waals surface area contributed by atoms with Crippen LogP contribution in [0.25, 0.3) is 0 Å². The summed E-state index contributed by atoms with van der Waals surface area (Å²) in [6, 6.07) is 11.6. The van der Waals surface area contributed by atoms with Crippen molar-refractivity contribution in [2.45, 2.75) is 62.5 Å². The highest BCUT2D eigenvalue weighted by molar-refractivity contribution is 6.02. The summed E-state index contributed by atoms with van der Waals surface area (Å²) >= 11 is 0. The summed E-state index contributed by atoms with van der Waals surface area (Å²) < 4.78 is 50.8. The van der Waals surface area contributed by atoms with Gasteiger partial charge in [-0.2, -0.15) is 13.2 Å². The first-order valence-electron chi connectivity index (χ1n) is 16.6. The average molecular weight is 680 g/mol. The number of rotatable bonds is 10. The first-order chi connectivity index (χ1) is 23.7. The molecule has 1 amide bonds. The number of morpholine rings is 1. The van der Waals surface area contributed by atoms with E-state index in [2.05, 4.69) is 37.0 Å². The second-order valence-electron chi connectivity index (χ2n) is 12.9. The number of methoxy groups -OCH3 is 1. The number of aromatic nitrogens is 2. The second kappa shape index (κ2) is 13.8. The maximum Gasteiger partial charge on any atom is 0.416 e. The summed E-state index contributed by atoms with van der Waals surface area (Å²) in [6.45, 7) is 7.60. The fraction of sp³-hybridized carbons (Fsp3) is 0.457. The zero-order valence-electron chi connectivity index (χ0n) is 27.3. The van der Waals surface area contributed by atoms with Crippen molar-refractivity contribution < 1.29 is 32.3 Å². The first-order valence-corrected chi connectivity index (χ1v) is 16.6. The van der Waals surface area contributed by atoms with Gasteiger partial charge in [-0.15, -0.1) is 0 Å². The van der Waals surface area contributed by atoms with Crippen LogP contribution >= 0.6 is 0 Å². The maximum absolute atomic E-state index is 13.0. The van der Waals surface area contributed by atoms with Gasteiger partial charge in [-0.25, -0.2) is 15.0 Å². The topological polar surface area (TPSA) is 104 Å². The van der Waals surface area contributed by atoms with E-state index in [0.717, 1.165) is 68.9 Å². The molecule has 4 aliphatic rings. The van der Waals surface area contributed by atoms with Gasteiger partial charge in [0.1, 0.15) is 17.9 Å². The van der Waals surface area contributed by atoms with E-state index in [1.54, 1.807) is 18.2 Å². The lowest BCUT2D eigenvalue weighted by Gasteiger charge is -2.41. The van der Waals surface area contributed by atoms with Crippen molar-refractivity contribution in [3.8, 4) is 5.75 Å². The summed E-state index contributed by atoms with van der Waals surface area (Å²) in [4.78, 5) is 32.2. The van der Waals surface area contributed by atoms with Crippen LogP contribution in [0.15, 0.2) is 61.4 Å². The Bertz CT molecular complexity index is 1670. The van der Waals surface area contributed by atoms with Crippen LogP contribution in [-0.2, 0) is 27.0 Å². The van der Waals surface area contributed by atoms with Gasteiger partial charge in [0.25, 0.3) is 0 Å². The molecule has 260 valence electrons. The lowest BCUT2D eigenvalue weighted by molar-refractivity contribution is -0.137. The van der Waals surface area contributed by atoms with Crippen LogP contribution in [0.1, 0.15) is 36.8 Å². The molecule has 1 aromatic heterocycles. The molecule has 0 radical (unpaired) electrons. The molecule has 14 heteroatoms. The van der Waals surface area contributed by atoms with Crippen LogP contribution < -0.4 is 25.3 Å². The third-order valence-corrected chi connectivity index (χ3v) is 9.88. The van der Waals surface area contributed by atoms with Gasteiger partial charge in [-0.05, 0) is 61.9 Å². The molecular weight excluding hydrogens is 639 g/mol. The number of fused-ring (bicyclic) bond motifs is 2. The highest BCUT2D eigenvalue weighted by atomic mass is 19.4. The Balaban J connectivity index is 1.08. The number of hydrogen-bond donors (Lipinski definition) is 2. The van der Waals surface area contributed by atoms with Crippen molar-refractivity contribution in [1.82, 2.24) is 14.9 Å². The Labute approximate surface area is 283 Å². The van der Waals surface area contributed by atoms with Gasteiger partial charge in [-0.1, -0.05) is 18.7 Å². The number of alkyl halides is 3. The Morgan fingerprint density at radius 1 is 1.08 bits per heavy atom. The largest absolute Gasteiger partial charge is 0.494 e. The Hall–Kier alpha value is -4.40. The number of anilines is 5. The fourth-order valence-electron chi connectivity index (χ4n) is 7.42. The molecule has 2 bridgehead atoms. The molecular formula is C35H40F3N7O4. The van der Waals surface area contributed by atoms with Crippen LogP contribution in [-0.4, -0.2) is 85.0 Å². The molecule has 2 N–H and O–H groups in total. The molecule has 0 spiro atoms. The minimum atomic E-state index is -4.38. The molecule has 4 aliphatic heterocycles. The van der Waals surface area contributed by atoms with E-state index in [0.29, 0.717) is 66.4 Å². The lowest BCUT2D eigenvalue weighted by Crippen LogP contribution is -2.49. The van der Waals surface area contributed by atoms with Gasteiger partial charge < -0.3 is 25.0 Å². The predicted octanol–water partition coefficient (Wildman–Crippen LogP) is 5.57. The molecule has 11 nitrogen and oxygen atoms in total. The fourth-order valence-corrected chi connectivity index (χ4v) is 7.42. The average Bonchev–Trinajstić information content (AvgIpc) is 3.87. The van der Waals surface area contributed by atoms with Gasteiger partial charge in [0.15, 0.2) is 5.82 Å². The van der Waals surface area contributed by atoms with Gasteiger partial charge >= 0.3 is 6.18 Å². The molecule has 4 saturated heterocycles. The minimum absolute atomic E-state index is 0.132. The van der Waals surface area contributed by atoms with Gasteiger partial charge in [0.05, 0.1) is 55.1 Å². The van der Waals surface area contributed by atoms with E-state index in [1.807, 2.05) is 12.1 Å². The molecule has 5 heterocycles. The number of carbonyl (C=O) groups is 1. The third kappa shape index (κ3) is 7.17. The number of benzene rings is 2. The lowest BCUT2D eigenvalue weighted by atomic mass is 10.0. The van der Waals surface area contributed by atoms with Crippen molar-refractivity contribution in [2.24, 2.45) is 0 Å². The molecule has 0 aliphatic carbocycles. The number of amides is 1. The van der Waals surface area contributed by atoms with Gasteiger partial charge in [0, 0.05) is 43.9 Å². The standard InChI is InChI=1S/C35H40F3N7O4/c1-3-34(46)42-28-16-29(31(47-2)17-30(28)43-11-8-24(9-12-43)44-19-27-15-26(44)20-48-27)41-32-18-33(40-21-39-32)45-25(10-13-49-45)14-22-4-6-23(7-5-22)35(36,37)38/h3-7,16-18,21,24-27H,1,8-15,19-20H2,2H3,(H,42,46)(H,39,40,41)/t25-,26-,27-/m1/s1. The van der Waals surface area contributed by atoms with Crippen molar-refractivity contribution >= 4 is 34.6 Å². The molecule has 3 aromatic rings. The molecule has 3 atom stereocenters. The third-order valence-electron chi connectivity index (χ3n) is 9.88. The molecule has 0 unspecified atom stereocenters. The van der Waals surface area contributed by atoms with Crippen LogP contribution in [0.3, 0.4) is 0 Å². The molecule has 2 aromatic carbocycles. The Morgan fingerprint density at radius 2 is 1.88 bits per heavy atom. The predicted molar refractivity (Wildman–Crippen MR) is 179 cm³/mol. The number of carbonyl (C=O) groups excluding carboxylic acids is 1. The van der Waals surface area contributed by atoms with Crippen LogP contribution in [0, 0.1) is 0 Å². The quantitative estimate of drug-likeness (QED) is 0.265. The summed E-state index contributed by atoms with van der Waals surface area (Å²) in [6.07, 6.45) is 2.97. The van der Waals surface area contributed by atoms with Gasteiger partial charge in [0.2, 0.25) is 5.91 Å². The second-order valence-corrected chi connectivity index (χ2v) is 12.9. The molecule has 4 fully saturated rings. The number of likely N-dealkylation sites (tertiary alicyclic amines) is 1. The molecule has 49 heavy (non-hydrogen) atoms. The van der Waals surface area contributed by atoms with E-state index in [4.69, 9.17) is 14.3 Å². The van der Waals surface area contributed by atoms with E-state index < -0.39 is 11.7 Å². The van der Waals surface area contributed by atoms with Crippen LogP contribution in [0.4, 0.5) is 41.9 Å². The number of hydroxylamine groups is 1. The minimum Gasteiger partial charge on any atom is -0.494 e. The Kier molecular flexibility index (Phi) is 9.36. The van der Waals surface area contributed by atoms with E-state index in [-0.39, 0.29) is 11.9 Å². The van der Waals surface area contributed by atoms with Crippen molar-refractivity contribution in [3.63, 3.8) is 0 Å². The number of halogens is 3. The zero-order chi connectivity index (χ0) is 34.1. The summed E-state index contributed by atoms with van der Waals surface area (Å²) in [5.41, 5.74) is 2.15. The number of ether oxygens (including phenoxy) is 2. The number of nitrogens with zero attached hydrogens (tertiary/aromatic N) is 5. The van der Waals surface area contributed by atoms with Gasteiger partial charge in [-0.3, -0.25) is 14.5 Å². The highest BCUT2D eigenvalue weighted by Gasteiger charge is 2.43. The van der Waals surface area contributed by atoms with E-state index >= 15 is 0 Å². The Morgan fingerprint density at radius 3 is 2.55 bits per heavy atom. The van der Waals surface area contributed by atoms with Crippen molar-refractivity contribution in [1.29, 1.82) is 0 Å². The first kappa shape index (κ1) is 33.1. The number of nitrogens with one attached hydrogen (secondary N) is 2. The summed E-state index contributed by atoms with van der Waals surface area (Å²) in [5.74, 6) is 1.21. The highest BCUT2D eigenvalue weighted by Crippen LogP contribution is 2.41. The maximum atomic E-state index is 13.0. The van der Waals surface area contributed by atoms with Crippen molar-refractivity contribution in [3.05, 3.63) is 72.6 Å². The summed E-state index contributed by atoms with van der Waals surface area (Å²) in [7, 11) is 1.60. The van der Waals surface area contributed by atoms with Crippen LogP contribution in [0.2, 0.25) is 0 Å². The smallest absolute Gasteiger partial charge is 0.416 e. The van der Waals surface area contributed by atoms with Crippen molar-refractivity contribution in [2.75, 3.05) is 60.6 Å². The van der Waals surface area contributed by atoms with Crippen LogP contribution in [0.5, 0.6) is 5.75 Å². The SMILES string of the molecule is C=CC(=O)Nc1cc(Nc2cc(N3OCC[C@@H]3Cc3ccc(C(F)(F)F)cc3)ncn2)c(OC)cc1N1CCC(N2C[C@H]3C[C@@H]2CO3)CC1. The number of hydrogen-bond acceptors (Lipinski definition) is 10. The zero-order valence-corrected chi connectivity index (χ0v) is 27.3. The van der Waals surface area contributed by atoms with E-state index in [1.165, 1.54) is 24.5 Å². The van der Waals surface area contributed by atoms with E-state index in [9.17, 15) is 18.0 Å². The normalized spacial score (nSPS) is 22.8. The number of piperidine rings is 1. The summed E-state index contributed by atoms with van der Waals surface area (Å²) in [5, 5.41) is 7.98. The molecule has 0 saturated carbocycles. The monoisotopic (exact) mass is 679 g/mol.